The van der Waals surface area contributed by atoms with E-state index in [4.69, 9.17) is 14.2 Å². The molecule has 0 unspecified atom stereocenters. The van der Waals surface area contributed by atoms with Gasteiger partial charge in [-0.25, -0.2) is 9.59 Å². The molecule has 0 radical (unpaired) electrons. The Morgan fingerprint density at radius 1 is 0.778 bits per heavy atom. The summed E-state index contributed by atoms with van der Waals surface area (Å²) in [6, 6.07) is 23.6. The fourth-order valence-corrected chi connectivity index (χ4v) is 7.12. The number of esters is 1. The van der Waals surface area contributed by atoms with Crippen molar-refractivity contribution in [3.63, 3.8) is 0 Å². The Bertz CT molecular complexity index is 1470. The molecule has 0 saturated carbocycles. The third-order valence-corrected chi connectivity index (χ3v) is 10.2. The van der Waals surface area contributed by atoms with Crippen molar-refractivity contribution in [3.8, 4) is 0 Å². The summed E-state index contributed by atoms with van der Waals surface area (Å²) in [6.07, 6.45) is 15.3. The van der Waals surface area contributed by atoms with E-state index in [0.717, 1.165) is 48.3 Å². The van der Waals surface area contributed by atoms with Gasteiger partial charge in [0.05, 0.1) is 25.9 Å². The average molecular weight is 744 g/mol. The van der Waals surface area contributed by atoms with Gasteiger partial charge in [0, 0.05) is 30.6 Å². The molecule has 3 aromatic carbocycles. The molecule has 0 aliphatic carbocycles. The fourth-order valence-electron chi connectivity index (χ4n) is 7.12. The predicted octanol–water partition coefficient (Wildman–Crippen LogP) is 9.65. The zero-order chi connectivity index (χ0) is 38.4. The minimum atomic E-state index is -0.847. The third kappa shape index (κ3) is 15.2. The quantitative estimate of drug-likeness (QED) is 0.0619. The first-order chi connectivity index (χ1) is 26.4. The summed E-state index contributed by atoms with van der Waals surface area (Å²) in [5.41, 5.74) is 4.17. The molecule has 1 saturated heterocycles. The van der Waals surface area contributed by atoms with Gasteiger partial charge in [-0.1, -0.05) is 145 Å². The van der Waals surface area contributed by atoms with Crippen LogP contribution in [0.5, 0.6) is 0 Å². The molecule has 0 aromatic heterocycles. The van der Waals surface area contributed by atoms with Crippen LogP contribution in [0.2, 0.25) is 0 Å². The van der Waals surface area contributed by atoms with E-state index < -0.39 is 24.3 Å². The van der Waals surface area contributed by atoms with Crippen molar-refractivity contribution in [1.29, 1.82) is 0 Å². The van der Waals surface area contributed by atoms with Gasteiger partial charge >= 0.3 is 12.0 Å². The van der Waals surface area contributed by atoms with Crippen LogP contribution in [0.4, 0.5) is 10.5 Å². The number of carbonyl (C=O) groups excluding carboxylic acids is 2. The highest BCUT2D eigenvalue weighted by Gasteiger charge is 2.33. The standard InChI is InChI=1S/C45H65N3O6/c1-4-6-8-10-12-17-28-48(29-18-13-11-9-7-5-2)33-40-32-42(37-26-24-36(34-49)25-27-37)54-44(53-40)38-22-19-23-39(31-38)46-45(51)47-41(43(50)52-3)30-35-20-15-14-16-21-35/h14-16,19-27,31,40-42,44,49H,4-13,17-18,28-30,32-34H2,1-3H3,(H2,46,47,51)/t40-,41+,42+,44+/m1/s1. The highest BCUT2D eigenvalue weighted by atomic mass is 16.7. The Morgan fingerprint density at radius 2 is 1.43 bits per heavy atom. The molecule has 1 aliphatic heterocycles. The van der Waals surface area contributed by atoms with Crippen molar-refractivity contribution >= 4 is 17.7 Å². The van der Waals surface area contributed by atoms with Gasteiger partial charge in [-0.05, 0) is 54.8 Å². The van der Waals surface area contributed by atoms with E-state index in [2.05, 4.69) is 29.4 Å². The van der Waals surface area contributed by atoms with E-state index in [9.17, 15) is 14.7 Å². The number of methoxy groups -OCH3 is 1. The van der Waals surface area contributed by atoms with Crippen molar-refractivity contribution in [1.82, 2.24) is 10.2 Å². The maximum Gasteiger partial charge on any atom is 0.328 e. The van der Waals surface area contributed by atoms with Crippen molar-refractivity contribution in [2.24, 2.45) is 0 Å². The van der Waals surface area contributed by atoms with Crippen LogP contribution in [0, 0.1) is 0 Å². The number of anilines is 1. The molecule has 0 spiro atoms. The molecular weight excluding hydrogens is 679 g/mol. The van der Waals surface area contributed by atoms with E-state index in [1.54, 1.807) is 0 Å². The molecule has 1 heterocycles. The second-order valence-corrected chi connectivity index (χ2v) is 14.7. The van der Waals surface area contributed by atoms with Crippen molar-refractivity contribution in [2.45, 2.75) is 135 Å². The fraction of sp³-hybridized carbons (Fsp3) is 0.556. The lowest BCUT2D eigenvalue weighted by Gasteiger charge is -2.38. The van der Waals surface area contributed by atoms with Crippen LogP contribution in [0.25, 0.3) is 0 Å². The summed E-state index contributed by atoms with van der Waals surface area (Å²) < 4.78 is 18.4. The Kier molecular flexibility index (Phi) is 19.6. The first-order valence-corrected chi connectivity index (χ1v) is 20.4. The van der Waals surface area contributed by atoms with Gasteiger partial charge < -0.3 is 34.9 Å². The maximum atomic E-state index is 13.2. The lowest BCUT2D eigenvalue weighted by molar-refractivity contribution is -0.253. The number of nitrogens with one attached hydrogen (secondary N) is 2. The largest absolute Gasteiger partial charge is 0.467 e. The van der Waals surface area contributed by atoms with E-state index in [0.29, 0.717) is 12.1 Å². The summed E-state index contributed by atoms with van der Waals surface area (Å²) in [5, 5.41) is 15.3. The number of hydrogen-bond donors (Lipinski definition) is 3. The monoisotopic (exact) mass is 743 g/mol. The number of amides is 2. The first-order valence-electron chi connectivity index (χ1n) is 20.4. The smallest absolute Gasteiger partial charge is 0.328 e. The molecule has 3 N–H and O–H groups in total. The molecule has 0 bridgehead atoms. The number of urea groups is 1. The lowest BCUT2D eigenvalue weighted by Crippen LogP contribution is -2.45. The lowest BCUT2D eigenvalue weighted by atomic mass is 9.99. The predicted molar refractivity (Wildman–Crippen MR) is 216 cm³/mol. The molecule has 2 amide bonds. The minimum Gasteiger partial charge on any atom is -0.467 e. The molecule has 4 atom stereocenters. The van der Waals surface area contributed by atoms with Crippen LogP contribution in [0.1, 0.15) is 132 Å². The highest BCUT2D eigenvalue weighted by molar-refractivity contribution is 5.92. The van der Waals surface area contributed by atoms with Crippen molar-refractivity contribution in [2.75, 3.05) is 32.1 Å². The Morgan fingerprint density at radius 3 is 2.06 bits per heavy atom. The van der Waals surface area contributed by atoms with Gasteiger partial charge in [0.1, 0.15) is 6.04 Å². The van der Waals surface area contributed by atoms with Crippen LogP contribution < -0.4 is 10.6 Å². The van der Waals surface area contributed by atoms with Gasteiger partial charge in [-0.15, -0.1) is 0 Å². The van der Waals surface area contributed by atoms with E-state index in [-0.39, 0.29) is 18.8 Å². The van der Waals surface area contributed by atoms with Crippen LogP contribution in [0.3, 0.4) is 0 Å². The molecule has 296 valence electrons. The molecule has 54 heavy (non-hydrogen) atoms. The molecular formula is C45H65N3O6. The Hall–Kier alpha value is -3.76. The number of nitrogens with zero attached hydrogens (tertiary/aromatic N) is 1. The number of hydrogen-bond acceptors (Lipinski definition) is 7. The number of aliphatic hydroxyl groups is 1. The number of ether oxygens (including phenoxy) is 3. The van der Waals surface area contributed by atoms with Gasteiger partial charge in [0.2, 0.25) is 0 Å². The molecule has 1 aliphatic rings. The van der Waals surface area contributed by atoms with E-state index in [1.807, 2.05) is 78.9 Å². The van der Waals surface area contributed by atoms with Gasteiger partial charge in [-0.3, -0.25) is 0 Å². The van der Waals surface area contributed by atoms with E-state index >= 15 is 0 Å². The normalized spacial score (nSPS) is 17.6. The van der Waals surface area contributed by atoms with Crippen LogP contribution >= 0.6 is 0 Å². The summed E-state index contributed by atoms with van der Waals surface area (Å²) >= 11 is 0. The number of aliphatic hydroxyl groups excluding tert-OH is 1. The SMILES string of the molecule is CCCCCCCCN(CCCCCCCC)C[C@H]1C[C@@H](c2ccc(CO)cc2)O[C@@H](c2cccc(NC(=O)N[C@@H](Cc3ccccc3)C(=O)OC)c2)O1. The molecule has 1 fully saturated rings. The topological polar surface area (TPSA) is 109 Å². The van der Waals surface area contributed by atoms with Gasteiger partial charge in [-0.2, -0.15) is 0 Å². The number of carbonyl (C=O) groups is 2. The zero-order valence-corrected chi connectivity index (χ0v) is 33.0. The van der Waals surface area contributed by atoms with Gasteiger partial charge in [0.25, 0.3) is 0 Å². The minimum absolute atomic E-state index is 0.00792. The molecule has 3 aromatic rings. The molecule has 9 nitrogen and oxygen atoms in total. The summed E-state index contributed by atoms with van der Waals surface area (Å²) in [5.74, 6) is -0.516. The van der Waals surface area contributed by atoms with Crippen LogP contribution in [-0.2, 0) is 32.0 Å². The highest BCUT2D eigenvalue weighted by Crippen LogP contribution is 2.39. The second-order valence-electron chi connectivity index (χ2n) is 14.7. The van der Waals surface area contributed by atoms with Crippen molar-refractivity contribution in [3.05, 3.63) is 101 Å². The van der Waals surface area contributed by atoms with E-state index in [1.165, 1.54) is 84.2 Å². The summed E-state index contributed by atoms with van der Waals surface area (Å²) in [6.45, 7) is 7.47. The molecule has 4 rings (SSSR count). The number of benzene rings is 3. The van der Waals surface area contributed by atoms with Crippen molar-refractivity contribution < 1.29 is 28.9 Å². The molecule has 9 heteroatoms. The van der Waals surface area contributed by atoms with Gasteiger partial charge in [0.15, 0.2) is 6.29 Å². The number of rotatable bonds is 24. The summed E-state index contributed by atoms with van der Waals surface area (Å²) in [4.78, 5) is 28.4. The third-order valence-electron chi connectivity index (χ3n) is 10.2. The number of unbranched alkanes of at least 4 members (excludes halogenated alkanes) is 10. The first kappa shape index (κ1) is 43.0. The Labute approximate surface area is 324 Å². The second kappa shape index (κ2) is 24.6. The van der Waals surface area contributed by atoms with Crippen LogP contribution in [0.15, 0.2) is 78.9 Å². The summed E-state index contributed by atoms with van der Waals surface area (Å²) in [7, 11) is 1.32. The average Bonchev–Trinajstić information content (AvgIpc) is 3.20. The Balaban J connectivity index is 1.47. The van der Waals surface area contributed by atoms with Crippen LogP contribution in [-0.4, -0.2) is 60.9 Å². The maximum absolute atomic E-state index is 13.2. The zero-order valence-electron chi connectivity index (χ0n) is 33.0.